The summed E-state index contributed by atoms with van der Waals surface area (Å²) < 4.78 is 29.6. The largest absolute Gasteiger partial charge is 0.435 e. The molecule has 5 aliphatic rings. The van der Waals surface area contributed by atoms with Gasteiger partial charge in [0, 0.05) is 152 Å². The second-order valence-corrected chi connectivity index (χ2v) is 38.9. The van der Waals surface area contributed by atoms with Crippen LogP contribution in [0.1, 0.15) is 141 Å². The van der Waals surface area contributed by atoms with E-state index < -0.39 is 12.2 Å². The van der Waals surface area contributed by atoms with Gasteiger partial charge in [0.25, 0.3) is 0 Å². The number of fused-ring (bicyclic) bond motifs is 4. The number of aromatic nitrogens is 11. The van der Waals surface area contributed by atoms with Gasteiger partial charge in [0.15, 0.2) is 0 Å². The van der Waals surface area contributed by atoms with Crippen LogP contribution in [0.3, 0.4) is 0 Å². The first-order valence-electron chi connectivity index (χ1n) is 48.4. The Bertz CT molecular complexity index is 7270. The molecule has 8 aromatic carbocycles. The van der Waals surface area contributed by atoms with E-state index in [2.05, 4.69) is 220 Å². The molecule has 20 rings (SSSR count). The fourth-order valence-corrected chi connectivity index (χ4v) is 19.4. The zero-order valence-electron chi connectivity index (χ0n) is 82.3. The molecule has 4 saturated heterocycles. The Balaban J connectivity index is 0.000000133. The van der Waals surface area contributed by atoms with Crippen molar-refractivity contribution in [3.8, 4) is 64.2 Å². The second kappa shape index (κ2) is 44.9. The van der Waals surface area contributed by atoms with Crippen LogP contribution in [0.4, 0.5) is 51.2 Å². The smallest absolute Gasteiger partial charge is 0.387 e. The first-order chi connectivity index (χ1) is 69.9. The minimum atomic E-state index is -2.90. The van der Waals surface area contributed by atoms with E-state index in [-0.39, 0.29) is 66.1 Å². The van der Waals surface area contributed by atoms with E-state index in [0.29, 0.717) is 106 Å². The molecule has 0 radical (unpaired) electrons. The number of carbonyl (C=O) groups is 4. The number of aryl methyl sites for hydroxylation is 2. The molecule has 1 aliphatic carbocycles. The molecule has 4 aliphatic heterocycles. The molecule has 7 aromatic heterocycles. The van der Waals surface area contributed by atoms with Gasteiger partial charge in [-0.15, -0.1) is 12.8 Å². The highest BCUT2D eigenvalue weighted by Crippen LogP contribution is 2.40. The van der Waals surface area contributed by atoms with E-state index in [4.69, 9.17) is 47.6 Å². The van der Waals surface area contributed by atoms with Crippen LogP contribution in [0, 0.1) is 38.5 Å². The van der Waals surface area contributed by atoms with Crippen LogP contribution in [0.25, 0.3) is 78.5 Å². The van der Waals surface area contributed by atoms with Crippen LogP contribution in [0.15, 0.2) is 238 Å². The van der Waals surface area contributed by atoms with E-state index >= 15 is 0 Å². The predicted octanol–water partition coefficient (Wildman–Crippen LogP) is 21.5. The number of piperazine rings is 4. The summed E-state index contributed by atoms with van der Waals surface area (Å²) in [5.74, 6) is 8.86. The number of halogens is 5. The van der Waals surface area contributed by atoms with Crippen molar-refractivity contribution in [1.29, 1.82) is 0 Å². The molecule has 4 fully saturated rings. The predicted molar refractivity (Wildman–Crippen MR) is 572 cm³/mol. The molecule has 11 heterocycles. The second-order valence-electron chi connectivity index (χ2n) is 37.6. The highest BCUT2D eigenvalue weighted by atomic mass is 35.5. The van der Waals surface area contributed by atoms with E-state index in [9.17, 15) is 28.0 Å². The molecule has 0 unspecified atom stereocenters. The number of rotatable bonds is 18. The van der Waals surface area contributed by atoms with Crippen molar-refractivity contribution >= 4 is 127 Å². The van der Waals surface area contributed by atoms with Crippen LogP contribution >= 0.6 is 34.8 Å². The van der Waals surface area contributed by atoms with Gasteiger partial charge in [-0.3, -0.25) is 0 Å². The van der Waals surface area contributed by atoms with Gasteiger partial charge in [-0.25, -0.2) is 59.0 Å². The zero-order chi connectivity index (χ0) is 102. The van der Waals surface area contributed by atoms with E-state index in [1.807, 2.05) is 171 Å². The summed E-state index contributed by atoms with van der Waals surface area (Å²) in [7, 11) is 0. The lowest BCUT2D eigenvalue weighted by Crippen LogP contribution is -2.63. The molecule has 7 N–H and O–H groups in total. The maximum atomic E-state index is 13.2. The minimum Gasteiger partial charge on any atom is -0.435 e. The summed E-state index contributed by atoms with van der Waals surface area (Å²) in [6.45, 7) is 25.5. The van der Waals surface area contributed by atoms with Crippen LogP contribution in [-0.4, -0.2) is 208 Å². The van der Waals surface area contributed by atoms with Gasteiger partial charge in [0.2, 0.25) is 0 Å². The molecule has 0 spiro atoms. The normalized spacial score (nSPS) is 16.3. The summed E-state index contributed by atoms with van der Waals surface area (Å²) in [6.07, 6.45) is 20.2. The summed E-state index contributed by atoms with van der Waals surface area (Å²) >= 11 is 18.1. The molecule has 6 atom stereocenters. The van der Waals surface area contributed by atoms with E-state index in [1.165, 1.54) is 28.8 Å². The number of amides is 8. The van der Waals surface area contributed by atoms with Crippen LogP contribution in [-0.2, 0) is 6.42 Å². The molecule has 28 nitrogen and oxygen atoms in total. The average Bonchev–Trinajstić information content (AvgIpc) is 1.72. The van der Waals surface area contributed by atoms with Gasteiger partial charge < -0.3 is 80.2 Å². The van der Waals surface area contributed by atoms with Gasteiger partial charge in [0.05, 0.1) is 51.6 Å². The number of nitrogens with zero attached hydrogens (tertiary/aromatic N) is 16. The van der Waals surface area contributed by atoms with Gasteiger partial charge in [0.1, 0.15) is 71.3 Å². The average molecular weight is 2010 g/mol. The lowest BCUT2D eigenvalue weighted by molar-refractivity contribution is -0.0499. The molecule has 8 amide bonds. The Morgan fingerprint density at radius 3 is 1.29 bits per heavy atom. The van der Waals surface area contributed by atoms with Crippen molar-refractivity contribution in [2.24, 2.45) is 0 Å². The first kappa shape index (κ1) is 101. The number of hydrogen-bond donors (Lipinski definition) is 7. The van der Waals surface area contributed by atoms with Crippen molar-refractivity contribution < 1.29 is 32.7 Å². The highest BCUT2D eigenvalue weighted by Gasteiger charge is 2.40. The van der Waals surface area contributed by atoms with Crippen molar-refractivity contribution in [3.63, 3.8) is 0 Å². The Morgan fingerprint density at radius 2 is 0.828 bits per heavy atom. The lowest BCUT2D eigenvalue weighted by Gasteiger charge is -2.47. The number of nitrogens with one attached hydrogen (secondary N) is 7. The number of urea groups is 4. The van der Waals surface area contributed by atoms with Crippen LogP contribution in [0.5, 0.6) is 5.75 Å². The summed E-state index contributed by atoms with van der Waals surface area (Å²) in [5.41, 5.74) is 20.4. The molecular weight excluding hydrogens is 1890 g/mol. The van der Waals surface area contributed by atoms with Crippen LogP contribution in [0.2, 0.25) is 15.1 Å². The molecule has 742 valence electrons. The zero-order valence-corrected chi connectivity index (χ0v) is 84.5. The van der Waals surface area contributed by atoms with Gasteiger partial charge in [-0.05, 0) is 216 Å². The van der Waals surface area contributed by atoms with Crippen molar-refractivity contribution in [2.75, 3.05) is 105 Å². The third kappa shape index (κ3) is 24.0. The van der Waals surface area contributed by atoms with E-state index in [0.717, 1.165) is 141 Å². The van der Waals surface area contributed by atoms with E-state index in [1.54, 1.807) is 42.3 Å². The number of alkyl halides is 2. The van der Waals surface area contributed by atoms with Crippen molar-refractivity contribution in [3.05, 3.63) is 314 Å². The number of hydrogen-bond acceptors (Lipinski definition) is 17. The van der Waals surface area contributed by atoms with Crippen LogP contribution < -0.4 is 45.6 Å². The Morgan fingerprint density at radius 1 is 0.428 bits per heavy atom. The number of anilines is 4. The van der Waals surface area contributed by atoms with Gasteiger partial charge >= 0.3 is 30.7 Å². The van der Waals surface area contributed by atoms with Crippen molar-refractivity contribution in [1.82, 2.24) is 95.7 Å². The number of benzene rings is 8. The summed E-state index contributed by atoms with van der Waals surface area (Å²) in [6, 6.07) is 66.8. The Labute approximate surface area is 856 Å². The topological polar surface area (TPSA) is 302 Å². The number of H-pyrrole nitrogens is 3. The van der Waals surface area contributed by atoms with Crippen molar-refractivity contribution in [2.45, 2.75) is 124 Å². The summed E-state index contributed by atoms with van der Waals surface area (Å²) in [5, 5.41) is 17.3. The number of ether oxygens (including phenoxy) is 1. The maximum Gasteiger partial charge on any atom is 0.387 e. The number of carbonyl (C=O) groups excluding carboxylic acids is 4. The molecule has 145 heavy (non-hydrogen) atoms. The SMILES string of the molecule is C#Cc1ccc(-c2cc3c(N4CCN(C(=O)N[C@@H](C)c5ccc(Cl)cc5)CC4)ncnc3[nH]2)cc1.C#Cc1ccc(C2=Cc3c(ncnc3N3CCN(C(=O)N[C@@H](C)c4cccc(OC(F)F)c4)[C@H](C)C3)C2)cc1.Cc1ccc(-c2cc3c(N4CCN(C(=O)N[C@@H](C)c5ccc(Cl)cc5)C(C)(C)C4)ncnc3[nH]2)cc1.Cc1ccc(-c2cc3c(N4CCN(C(=O)N[C@@H](C)c5cccc(Cl)c5)[C@H](C)C4)ncnc3[nH]2)cc1. The lowest BCUT2D eigenvalue weighted by atomic mass is 9.98. The quantitative estimate of drug-likeness (QED) is 0.0393. The maximum absolute atomic E-state index is 13.2. The fourth-order valence-electron chi connectivity index (χ4n) is 18.9. The monoisotopic (exact) mass is 2000 g/mol. The first-order valence-corrected chi connectivity index (χ1v) is 49.5. The molecule has 0 saturated carbocycles. The fraction of sp³-hybridized carbons (Fsp3) is 0.286. The number of terminal acetylenes is 2. The minimum absolute atomic E-state index is 0.0239. The third-order valence-electron chi connectivity index (χ3n) is 27.1. The number of aromatic amines is 3. The third-order valence-corrected chi connectivity index (χ3v) is 27.8. The van der Waals surface area contributed by atoms with Gasteiger partial charge in [-0.1, -0.05) is 179 Å². The molecule has 33 heteroatoms. The molecule has 0 bridgehead atoms. The number of allylic oxidation sites excluding steroid dienone is 1. The summed E-state index contributed by atoms with van der Waals surface area (Å²) in [4.78, 5) is 115. The Hall–Kier alpha value is -15.6. The Kier molecular flexibility index (Phi) is 31.2. The molecule has 15 aromatic rings. The molecular formula is C112H114Cl3F2N23O5. The standard InChI is InChI=1S/C30H29F2N5O2.C28H31ClN6O.C27H29ClN6O.C27H25ClN6O/c1-4-21-8-10-22(11-9-21)24-15-26-27(16-24)33-18-34-28(26)36-12-13-37(19(2)17-36)30(38)35-20(3)23-6-5-7-25(14-23)39-29(31)32;1-18-5-7-21(8-6-18)24-15-23-25(33-24)30-17-31-26(23)34-13-14-35(28(3,4)16-34)27(36)32-19(2)20-9-11-22(29)12-10-20;1-17-7-9-20(10-8-17)24-14-23-25(32-24)29-16-30-26(23)33-11-12-34(18(2)15-33)27(35)31-19(3)21-5-4-6-22(28)13-21;1-3-19-4-6-21(7-5-19)24-16-23-25(32-24)29-17-30-26(23)33-12-14-34(15-13-33)27(35)31-18(2)20-8-10-22(28)11-9-20/h1,5-11,14-15,18-20,29H,12-13,16-17H2,2-3H3,(H,35,38);5-12,15,17,19H,13-14,16H2,1-4H3,(H,32,36)(H,30,31,33);4-10,13-14,16,18-19H,11-12,15H2,1-3H3,(H,31,35)(H,29,30,32);1,4-11,16-18H,12-15H2,2H3,(H,31,35)(H,29,30,32)/t19-,20+;19-;18-,19+;18-/m1010/s1. The van der Waals surface area contributed by atoms with Gasteiger partial charge in [-0.2, -0.15) is 8.78 Å². The highest BCUT2D eigenvalue weighted by molar-refractivity contribution is 6.31.